The summed E-state index contributed by atoms with van der Waals surface area (Å²) in [6.07, 6.45) is 39.9. The van der Waals surface area contributed by atoms with Crippen LogP contribution in [0.1, 0.15) is 235 Å². The predicted molar refractivity (Wildman–Crippen MR) is 205 cm³/mol. The van der Waals surface area contributed by atoms with Crippen molar-refractivity contribution in [3.05, 3.63) is 0 Å². The summed E-state index contributed by atoms with van der Waals surface area (Å²) >= 11 is 0. The van der Waals surface area contributed by atoms with E-state index in [1.807, 2.05) is 0 Å². The Labute approximate surface area is 287 Å². The van der Waals surface area contributed by atoms with Crippen LogP contribution in [0.15, 0.2) is 0 Å². The second kappa shape index (κ2) is 56.2. The maximum absolute atomic E-state index is 8.50. The van der Waals surface area contributed by atoms with Crippen LogP contribution in [0.4, 0.5) is 0 Å². The number of aliphatic hydroxyl groups excluding tert-OH is 4. The van der Waals surface area contributed by atoms with Gasteiger partial charge in [0.1, 0.15) is 0 Å². The van der Waals surface area contributed by atoms with Crippen molar-refractivity contribution in [3.63, 3.8) is 0 Å². The second-order valence-electron chi connectivity index (χ2n) is 13.2. The number of rotatable bonds is 28. The summed E-state index contributed by atoms with van der Waals surface area (Å²) in [7, 11) is 0. The van der Waals surface area contributed by atoms with E-state index < -0.39 is 31.8 Å². The second-order valence-corrected chi connectivity index (χ2v) is 13.2. The van der Waals surface area contributed by atoms with Gasteiger partial charge in [0.05, 0.1) is 31.8 Å². The molecule has 0 saturated carbocycles. The molecule has 0 aliphatic rings. The zero-order valence-electron chi connectivity index (χ0n) is 32.9. The van der Waals surface area contributed by atoms with Crippen molar-refractivity contribution in [2.75, 3.05) is 26.4 Å². The van der Waals surface area contributed by atoms with Crippen molar-refractivity contribution in [2.24, 2.45) is 5.41 Å². The first-order chi connectivity index (χ1) is 21.9. The minimum absolute atomic E-state index is 0.406. The van der Waals surface area contributed by atoms with Gasteiger partial charge in [0.2, 0.25) is 0 Å². The summed E-state index contributed by atoms with van der Waals surface area (Å²) in [4.78, 5) is 0. The normalized spacial score (nSPS) is 10.4. The maximum Gasteiger partial charge on any atom is 0.0627 e. The van der Waals surface area contributed by atoms with Gasteiger partial charge in [0.15, 0.2) is 0 Å². The van der Waals surface area contributed by atoms with Crippen molar-refractivity contribution in [2.45, 2.75) is 235 Å². The number of unbranched alkanes of at least 4 members (excludes halogenated alkanes) is 24. The summed E-state index contributed by atoms with van der Waals surface area (Å²) in [5.74, 6) is 0. The molecule has 0 rings (SSSR count). The van der Waals surface area contributed by atoms with Crippen molar-refractivity contribution in [1.82, 2.24) is 0 Å². The fraction of sp³-hybridized carbons (Fsp3) is 1.00. The quantitative estimate of drug-likeness (QED) is 0.0636. The van der Waals surface area contributed by atoms with Crippen molar-refractivity contribution < 1.29 is 20.4 Å². The van der Waals surface area contributed by atoms with E-state index in [2.05, 4.69) is 55.4 Å². The molecule has 0 atom stereocenters. The van der Waals surface area contributed by atoms with Crippen LogP contribution in [0.5, 0.6) is 0 Å². The van der Waals surface area contributed by atoms with E-state index in [9.17, 15) is 0 Å². The Bertz CT molecular complexity index is 315. The molecule has 0 heterocycles. The SMILES string of the molecule is CCCCCCCCC.CCCCCCCCC.CCCCCCCCC.CCCCCCCCC.OCC(CO)(CO)CO. The molecule has 45 heavy (non-hydrogen) atoms. The summed E-state index contributed by atoms with van der Waals surface area (Å²) < 4.78 is 0. The van der Waals surface area contributed by atoms with Gasteiger partial charge < -0.3 is 20.4 Å². The lowest BCUT2D eigenvalue weighted by Gasteiger charge is -2.23. The van der Waals surface area contributed by atoms with E-state index >= 15 is 0 Å². The third kappa shape index (κ3) is 59.7. The van der Waals surface area contributed by atoms with Crippen LogP contribution in [0.3, 0.4) is 0 Å². The van der Waals surface area contributed by atoms with Gasteiger partial charge in [-0.25, -0.2) is 0 Å². The molecule has 0 bridgehead atoms. The lowest BCUT2D eigenvalue weighted by atomic mass is 9.93. The van der Waals surface area contributed by atoms with Gasteiger partial charge in [-0.1, -0.05) is 235 Å². The van der Waals surface area contributed by atoms with E-state index in [1.54, 1.807) is 0 Å². The molecule has 0 unspecified atom stereocenters. The average Bonchev–Trinajstić information content (AvgIpc) is 3.07. The van der Waals surface area contributed by atoms with Crippen molar-refractivity contribution in [3.8, 4) is 0 Å². The van der Waals surface area contributed by atoms with Crippen molar-refractivity contribution >= 4 is 0 Å². The lowest BCUT2D eigenvalue weighted by molar-refractivity contribution is -0.0328. The zero-order valence-corrected chi connectivity index (χ0v) is 32.9. The van der Waals surface area contributed by atoms with Gasteiger partial charge in [-0.2, -0.15) is 0 Å². The first-order valence-electron chi connectivity index (χ1n) is 20.3. The highest BCUT2D eigenvalue weighted by molar-refractivity contribution is 4.74. The van der Waals surface area contributed by atoms with Crippen LogP contribution in [0.25, 0.3) is 0 Å². The van der Waals surface area contributed by atoms with E-state index in [0.717, 1.165) is 0 Å². The Morgan fingerprint density at radius 1 is 0.222 bits per heavy atom. The molecule has 0 aromatic heterocycles. The molecule has 4 nitrogen and oxygen atoms in total. The minimum atomic E-state index is -1.11. The first kappa shape index (κ1) is 54.3. The van der Waals surface area contributed by atoms with Crippen LogP contribution in [0, 0.1) is 5.41 Å². The average molecular weight is 649 g/mol. The maximum atomic E-state index is 8.50. The van der Waals surface area contributed by atoms with Gasteiger partial charge in [-0.05, 0) is 0 Å². The predicted octanol–water partition coefficient (Wildman–Crippen LogP) is 13.0. The number of hydrogen-bond donors (Lipinski definition) is 4. The van der Waals surface area contributed by atoms with Gasteiger partial charge in [0, 0.05) is 0 Å². The Morgan fingerprint density at radius 3 is 0.400 bits per heavy atom. The molecular weight excluding hydrogens is 556 g/mol. The molecule has 0 spiro atoms. The lowest BCUT2D eigenvalue weighted by Crippen LogP contribution is -2.37. The van der Waals surface area contributed by atoms with Crippen molar-refractivity contribution in [1.29, 1.82) is 0 Å². The fourth-order valence-electron chi connectivity index (χ4n) is 4.42. The largest absolute Gasteiger partial charge is 0.396 e. The van der Waals surface area contributed by atoms with Gasteiger partial charge in [0.25, 0.3) is 0 Å². The molecular formula is C41H92O4. The molecule has 0 amide bonds. The minimum Gasteiger partial charge on any atom is -0.396 e. The van der Waals surface area contributed by atoms with Crippen LogP contribution in [-0.2, 0) is 0 Å². The van der Waals surface area contributed by atoms with E-state index in [-0.39, 0.29) is 0 Å². The summed E-state index contributed by atoms with van der Waals surface area (Å²) in [5.41, 5.74) is -1.11. The topological polar surface area (TPSA) is 80.9 Å². The molecule has 0 aromatic carbocycles. The summed E-state index contributed by atoms with van der Waals surface area (Å²) in [5, 5.41) is 34.0. The molecule has 4 heteroatoms. The smallest absolute Gasteiger partial charge is 0.0627 e. The van der Waals surface area contributed by atoms with Gasteiger partial charge in [-0.15, -0.1) is 0 Å². The van der Waals surface area contributed by atoms with Gasteiger partial charge >= 0.3 is 0 Å². The molecule has 4 N–H and O–H groups in total. The fourth-order valence-corrected chi connectivity index (χ4v) is 4.42. The number of hydrogen-bond acceptors (Lipinski definition) is 4. The highest BCUT2D eigenvalue weighted by Gasteiger charge is 2.26. The van der Waals surface area contributed by atoms with Crippen LogP contribution in [0.2, 0.25) is 0 Å². The molecule has 0 aliphatic heterocycles. The Morgan fingerprint density at radius 2 is 0.333 bits per heavy atom. The van der Waals surface area contributed by atoms with E-state index in [0.29, 0.717) is 0 Å². The third-order valence-electron chi connectivity index (χ3n) is 8.17. The van der Waals surface area contributed by atoms with E-state index in [1.165, 1.54) is 180 Å². The summed E-state index contributed by atoms with van der Waals surface area (Å²) in [6, 6.07) is 0. The summed E-state index contributed by atoms with van der Waals surface area (Å²) in [6.45, 7) is 16.5. The molecule has 0 aromatic rings. The Balaban J connectivity index is -0.000000148. The first-order valence-corrected chi connectivity index (χ1v) is 20.3. The molecule has 0 radical (unpaired) electrons. The van der Waals surface area contributed by atoms with Crippen LogP contribution in [-0.4, -0.2) is 46.9 Å². The highest BCUT2D eigenvalue weighted by atomic mass is 16.3. The number of aliphatic hydroxyl groups is 4. The molecule has 0 fully saturated rings. The Hall–Kier alpha value is -0.160. The van der Waals surface area contributed by atoms with Gasteiger partial charge in [-0.3, -0.25) is 0 Å². The zero-order chi connectivity index (χ0) is 35.1. The Kier molecular flexibility index (Phi) is 67.8. The van der Waals surface area contributed by atoms with Crippen LogP contribution >= 0.6 is 0 Å². The monoisotopic (exact) mass is 649 g/mol. The standard InChI is InChI=1S/4C9H20.C5H12O4/c4*1-3-5-7-9-8-6-4-2;6-1-5(2-7,3-8)4-9/h4*3-9H2,1-2H3;6-9H,1-4H2. The third-order valence-corrected chi connectivity index (χ3v) is 8.17. The van der Waals surface area contributed by atoms with Crippen LogP contribution < -0.4 is 0 Å². The highest BCUT2D eigenvalue weighted by Crippen LogP contribution is 2.12. The molecule has 0 aliphatic carbocycles. The van der Waals surface area contributed by atoms with E-state index in [4.69, 9.17) is 20.4 Å². The molecule has 0 saturated heterocycles. The molecule has 280 valence electrons.